The molecule has 0 radical (unpaired) electrons. The molecule has 0 unspecified atom stereocenters. The highest BCUT2D eigenvalue weighted by Crippen LogP contribution is 2.04. The van der Waals surface area contributed by atoms with Gasteiger partial charge in [-0.15, -0.1) is 0 Å². The molecule has 13 heavy (non-hydrogen) atoms. The Bertz CT molecular complexity index is 277. The lowest BCUT2D eigenvalue weighted by Crippen LogP contribution is -2.18. The minimum atomic E-state index is 0.0135. The summed E-state index contributed by atoms with van der Waals surface area (Å²) in [6.45, 7) is 4.28. The lowest BCUT2D eigenvalue weighted by molar-refractivity contribution is -0.119. The predicted octanol–water partition coefficient (Wildman–Crippen LogP) is 1.89. The fourth-order valence-corrected chi connectivity index (χ4v) is 1.12. The van der Waals surface area contributed by atoms with Gasteiger partial charge in [0.2, 0.25) is 5.91 Å². The number of benzene rings is 1. The summed E-state index contributed by atoms with van der Waals surface area (Å²) in [6.07, 6.45) is 1.06. The van der Waals surface area contributed by atoms with Gasteiger partial charge in [-0.25, -0.2) is 0 Å². The summed E-state index contributed by atoms with van der Waals surface area (Å²) in [4.78, 5) is 10.6. The average molecular weight is 177 g/mol. The van der Waals surface area contributed by atoms with Gasteiger partial charge in [-0.1, -0.05) is 31.2 Å². The highest BCUT2D eigenvalue weighted by atomic mass is 16.1. The summed E-state index contributed by atoms with van der Waals surface area (Å²) < 4.78 is 0. The zero-order valence-corrected chi connectivity index (χ0v) is 8.13. The first-order chi connectivity index (χ1) is 6.22. The van der Waals surface area contributed by atoms with Crippen molar-refractivity contribution < 1.29 is 4.79 Å². The van der Waals surface area contributed by atoms with Crippen LogP contribution in [0.25, 0.3) is 0 Å². The highest BCUT2D eigenvalue weighted by molar-refractivity contribution is 5.72. The molecular weight excluding hydrogens is 162 g/mol. The topological polar surface area (TPSA) is 29.1 Å². The van der Waals surface area contributed by atoms with Gasteiger partial charge in [0.05, 0.1) is 0 Å². The summed E-state index contributed by atoms with van der Waals surface area (Å²) >= 11 is 0. The maximum absolute atomic E-state index is 10.6. The smallest absolute Gasteiger partial charge is 0.217 e. The van der Waals surface area contributed by atoms with Crippen molar-refractivity contribution in [2.24, 2.45) is 0 Å². The Balaban J connectivity index is 2.54. The predicted molar refractivity (Wildman–Crippen MR) is 53.3 cm³/mol. The van der Waals surface area contributed by atoms with Gasteiger partial charge in [-0.3, -0.25) is 4.79 Å². The molecule has 1 amide bonds. The van der Waals surface area contributed by atoms with Crippen LogP contribution in [0, 0.1) is 0 Å². The van der Waals surface area contributed by atoms with Crippen LogP contribution in [-0.2, 0) is 17.8 Å². The second-order valence-corrected chi connectivity index (χ2v) is 3.08. The molecule has 2 nitrogen and oxygen atoms in total. The molecule has 0 aromatic heterocycles. The summed E-state index contributed by atoms with van der Waals surface area (Å²) in [5.41, 5.74) is 2.47. The summed E-state index contributed by atoms with van der Waals surface area (Å²) in [7, 11) is 0. The van der Waals surface area contributed by atoms with E-state index in [0.717, 1.165) is 12.0 Å². The van der Waals surface area contributed by atoms with Crippen LogP contribution in [0.3, 0.4) is 0 Å². The maximum Gasteiger partial charge on any atom is 0.217 e. The number of nitrogens with one attached hydrogen (secondary N) is 1. The van der Waals surface area contributed by atoms with Crippen LogP contribution in [0.1, 0.15) is 25.0 Å². The van der Waals surface area contributed by atoms with Crippen LogP contribution in [0.2, 0.25) is 0 Å². The number of amides is 1. The van der Waals surface area contributed by atoms with E-state index in [2.05, 4.69) is 36.5 Å². The summed E-state index contributed by atoms with van der Waals surface area (Å²) in [6, 6.07) is 8.29. The van der Waals surface area contributed by atoms with Gasteiger partial charge in [0.25, 0.3) is 0 Å². The number of hydrogen-bond acceptors (Lipinski definition) is 1. The van der Waals surface area contributed by atoms with Crippen molar-refractivity contribution in [3.05, 3.63) is 35.4 Å². The van der Waals surface area contributed by atoms with E-state index in [-0.39, 0.29) is 5.91 Å². The first-order valence-electron chi connectivity index (χ1n) is 4.54. The van der Waals surface area contributed by atoms with E-state index in [1.165, 1.54) is 12.5 Å². The highest BCUT2D eigenvalue weighted by Gasteiger charge is 1.94. The largest absolute Gasteiger partial charge is 0.352 e. The molecule has 1 rings (SSSR count). The molecule has 1 aromatic rings. The van der Waals surface area contributed by atoms with Crippen molar-refractivity contribution in [3.8, 4) is 0 Å². The van der Waals surface area contributed by atoms with E-state index in [1.807, 2.05) is 0 Å². The molecule has 0 aliphatic carbocycles. The quantitative estimate of drug-likeness (QED) is 0.750. The molecule has 0 saturated heterocycles. The third-order valence-electron chi connectivity index (χ3n) is 1.97. The van der Waals surface area contributed by atoms with Crippen LogP contribution in [0.15, 0.2) is 24.3 Å². The van der Waals surface area contributed by atoms with E-state index in [0.29, 0.717) is 6.54 Å². The second kappa shape index (κ2) is 4.65. The van der Waals surface area contributed by atoms with Crippen LogP contribution in [0.4, 0.5) is 0 Å². The molecule has 0 atom stereocenters. The standard InChI is InChI=1S/C11H15NO/c1-3-10-4-6-11(7-5-10)8-12-9(2)13/h4-7H,3,8H2,1-2H3,(H,12,13). The molecule has 0 heterocycles. The zero-order chi connectivity index (χ0) is 9.68. The van der Waals surface area contributed by atoms with Gasteiger partial charge in [-0.2, -0.15) is 0 Å². The lowest BCUT2D eigenvalue weighted by Gasteiger charge is -2.02. The number of aryl methyl sites for hydroxylation is 1. The van der Waals surface area contributed by atoms with Crippen molar-refractivity contribution in [2.75, 3.05) is 0 Å². The first kappa shape index (κ1) is 9.78. The fourth-order valence-electron chi connectivity index (χ4n) is 1.12. The number of carbonyl (C=O) groups excluding carboxylic acids is 1. The number of hydrogen-bond donors (Lipinski definition) is 1. The Labute approximate surface area is 79.0 Å². The third-order valence-corrected chi connectivity index (χ3v) is 1.97. The van der Waals surface area contributed by atoms with Gasteiger partial charge in [0.15, 0.2) is 0 Å². The van der Waals surface area contributed by atoms with E-state index in [9.17, 15) is 4.79 Å². The summed E-state index contributed by atoms with van der Waals surface area (Å²) in [5.74, 6) is 0.0135. The Morgan fingerprint density at radius 2 is 1.77 bits per heavy atom. The van der Waals surface area contributed by atoms with Gasteiger partial charge < -0.3 is 5.32 Å². The van der Waals surface area contributed by atoms with Gasteiger partial charge >= 0.3 is 0 Å². The van der Waals surface area contributed by atoms with Crippen molar-refractivity contribution in [3.63, 3.8) is 0 Å². The number of carbonyl (C=O) groups is 1. The van der Waals surface area contributed by atoms with Crippen LogP contribution in [0.5, 0.6) is 0 Å². The Hall–Kier alpha value is -1.31. The van der Waals surface area contributed by atoms with E-state index in [4.69, 9.17) is 0 Å². The molecule has 0 bridgehead atoms. The molecule has 0 aliphatic heterocycles. The lowest BCUT2D eigenvalue weighted by atomic mass is 10.1. The van der Waals surface area contributed by atoms with Crippen molar-refractivity contribution in [1.29, 1.82) is 0 Å². The van der Waals surface area contributed by atoms with E-state index < -0.39 is 0 Å². The molecule has 0 saturated carbocycles. The normalized spacial score (nSPS) is 9.69. The SMILES string of the molecule is CCc1ccc(CNC(C)=O)cc1. The van der Waals surface area contributed by atoms with Crippen LogP contribution < -0.4 is 5.32 Å². The molecular formula is C11H15NO. The molecule has 0 fully saturated rings. The van der Waals surface area contributed by atoms with Gasteiger partial charge in [0, 0.05) is 13.5 Å². The third kappa shape index (κ3) is 3.28. The van der Waals surface area contributed by atoms with E-state index in [1.54, 1.807) is 0 Å². The second-order valence-electron chi connectivity index (χ2n) is 3.08. The average Bonchev–Trinajstić information content (AvgIpc) is 2.15. The van der Waals surface area contributed by atoms with Crippen molar-refractivity contribution >= 4 is 5.91 Å². The minimum Gasteiger partial charge on any atom is -0.352 e. The fraction of sp³-hybridized carbons (Fsp3) is 0.364. The van der Waals surface area contributed by atoms with E-state index >= 15 is 0 Å². The van der Waals surface area contributed by atoms with Crippen LogP contribution in [-0.4, -0.2) is 5.91 Å². The molecule has 1 N–H and O–H groups in total. The molecule has 0 aliphatic rings. The van der Waals surface area contributed by atoms with Crippen LogP contribution >= 0.6 is 0 Å². The monoisotopic (exact) mass is 177 g/mol. The molecule has 70 valence electrons. The first-order valence-corrected chi connectivity index (χ1v) is 4.54. The Morgan fingerprint density at radius 1 is 1.23 bits per heavy atom. The minimum absolute atomic E-state index is 0.0135. The summed E-state index contributed by atoms with van der Waals surface area (Å²) in [5, 5.41) is 2.76. The van der Waals surface area contributed by atoms with Gasteiger partial charge in [-0.05, 0) is 17.5 Å². The zero-order valence-electron chi connectivity index (χ0n) is 8.13. The molecule has 2 heteroatoms. The number of rotatable bonds is 3. The Morgan fingerprint density at radius 3 is 2.23 bits per heavy atom. The van der Waals surface area contributed by atoms with Crippen molar-refractivity contribution in [2.45, 2.75) is 26.8 Å². The van der Waals surface area contributed by atoms with Crippen molar-refractivity contribution in [1.82, 2.24) is 5.32 Å². The molecule has 1 aromatic carbocycles. The van der Waals surface area contributed by atoms with Gasteiger partial charge in [0.1, 0.15) is 0 Å². The molecule has 0 spiro atoms. The Kier molecular flexibility index (Phi) is 3.50. The maximum atomic E-state index is 10.6.